The Hall–Kier alpha value is -2.56. The summed E-state index contributed by atoms with van der Waals surface area (Å²) in [5.41, 5.74) is 1.38. The molecule has 2 aromatic rings. The van der Waals surface area contributed by atoms with E-state index in [2.05, 4.69) is 22.0 Å². The molecular formula is C16H17N3O2. The van der Waals surface area contributed by atoms with E-state index in [1.54, 1.807) is 4.90 Å². The highest BCUT2D eigenvalue weighted by Crippen LogP contribution is 2.16. The monoisotopic (exact) mass is 283 g/mol. The largest absolute Gasteiger partial charge is 0.368 e. The minimum atomic E-state index is -0.153. The number of pyridine rings is 1. The number of piperazine rings is 1. The second kappa shape index (κ2) is 5.83. The number of para-hydroxylation sites is 1. The van der Waals surface area contributed by atoms with E-state index in [9.17, 15) is 9.59 Å². The maximum absolute atomic E-state index is 12.3. The second-order valence-electron chi connectivity index (χ2n) is 5.05. The first-order valence-electron chi connectivity index (χ1n) is 7.02. The minimum Gasteiger partial charge on any atom is -0.368 e. The van der Waals surface area contributed by atoms with Crippen LogP contribution in [0, 0.1) is 0 Å². The third-order valence-corrected chi connectivity index (χ3v) is 3.69. The molecule has 0 unspecified atom stereocenters. The molecule has 108 valence electrons. The maximum Gasteiger partial charge on any atom is 0.270 e. The summed E-state index contributed by atoms with van der Waals surface area (Å²) in [5.74, 6) is -0.111. The standard InChI is InChI=1S/C16H17N3O2/c20-14-6-7-17-15(12-14)16(21)19-10-8-18(9-11-19)13-4-2-1-3-5-13/h1-7,12H,8-11H2,(H,17,20). The number of amides is 1. The number of nitrogens with zero attached hydrogens (tertiary/aromatic N) is 2. The van der Waals surface area contributed by atoms with Gasteiger partial charge in [-0.2, -0.15) is 0 Å². The van der Waals surface area contributed by atoms with Crippen LogP contribution in [0.2, 0.25) is 0 Å². The molecule has 1 amide bonds. The van der Waals surface area contributed by atoms with Crippen molar-refractivity contribution >= 4 is 11.6 Å². The average Bonchev–Trinajstić information content (AvgIpc) is 2.55. The van der Waals surface area contributed by atoms with Gasteiger partial charge in [-0.25, -0.2) is 0 Å². The molecule has 1 fully saturated rings. The Balaban J connectivity index is 1.66. The SMILES string of the molecule is O=C(c1cc(=O)cc[nH]1)N1CCN(c2ccccc2)CC1. The lowest BCUT2D eigenvalue weighted by Gasteiger charge is -2.36. The molecule has 1 aliphatic rings. The summed E-state index contributed by atoms with van der Waals surface area (Å²) >= 11 is 0. The van der Waals surface area contributed by atoms with E-state index in [-0.39, 0.29) is 11.3 Å². The summed E-state index contributed by atoms with van der Waals surface area (Å²) in [7, 11) is 0. The van der Waals surface area contributed by atoms with Crippen LogP contribution in [0.15, 0.2) is 53.5 Å². The van der Waals surface area contributed by atoms with Crippen LogP contribution in [-0.4, -0.2) is 42.0 Å². The van der Waals surface area contributed by atoms with E-state index in [1.165, 1.54) is 24.0 Å². The lowest BCUT2D eigenvalue weighted by atomic mass is 10.2. The molecule has 0 aliphatic carbocycles. The molecule has 21 heavy (non-hydrogen) atoms. The number of anilines is 1. The number of rotatable bonds is 2. The molecule has 1 N–H and O–H groups in total. The molecule has 2 heterocycles. The van der Waals surface area contributed by atoms with Crippen LogP contribution in [0.1, 0.15) is 10.5 Å². The summed E-state index contributed by atoms with van der Waals surface area (Å²) < 4.78 is 0. The van der Waals surface area contributed by atoms with Gasteiger partial charge in [0.1, 0.15) is 5.69 Å². The van der Waals surface area contributed by atoms with Gasteiger partial charge in [-0.15, -0.1) is 0 Å². The van der Waals surface area contributed by atoms with Crippen LogP contribution in [0.4, 0.5) is 5.69 Å². The van der Waals surface area contributed by atoms with Crippen molar-refractivity contribution in [3.05, 3.63) is 64.6 Å². The van der Waals surface area contributed by atoms with Crippen LogP contribution in [0.25, 0.3) is 0 Å². The molecule has 0 saturated carbocycles. The van der Waals surface area contributed by atoms with E-state index in [0.717, 1.165) is 13.1 Å². The number of nitrogens with one attached hydrogen (secondary N) is 1. The van der Waals surface area contributed by atoms with Crippen LogP contribution in [-0.2, 0) is 0 Å². The van der Waals surface area contributed by atoms with Crippen molar-refractivity contribution in [1.29, 1.82) is 0 Å². The van der Waals surface area contributed by atoms with E-state index in [1.807, 2.05) is 18.2 Å². The average molecular weight is 283 g/mol. The predicted molar refractivity (Wildman–Crippen MR) is 81.6 cm³/mol. The summed E-state index contributed by atoms with van der Waals surface area (Å²) in [6, 6.07) is 12.9. The van der Waals surface area contributed by atoms with Gasteiger partial charge in [-0.1, -0.05) is 18.2 Å². The summed E-state index contributed by atoms with van der Waals surface area (Å²) in [6.07, 6.45) is 1.51. The number of hydrogen-bond donors (Lipinski definition) is 1. The fourth-order valence-corrected chi connectivity index (χ4v) is 2.55. The Morgan fingerprint density at radius 3 is 2.38 bits per heavy atom. The second-order valence-corrected chi connectivity index (χ2v) is 5.05. The number of benzene rings is 1. The molecule has 0 radical (unpaired) electrons. The minimum absolute atomic E-state index is 0.111. The smallest absolute Gasteiger partial charge is 0.270 e. The normalized spacial score (nSPS) is 15.0. The number of hydrogen-bond acceptors (Lipinski definition) is 3. The van der Waals surface area contributed by atoms with Gasteiger partial charge in [0, 0.05) is 50.2 Å². The van der Waals surface area contributed by atoms with Crippen molar-refractivity contribution in [3.63, 3.8) is 0 Å². The first kappa shape index (κ1) is 13.4. The lowest BCUT2D eigenvalue weighted by Crippen LogP contribution is -2.49. The van der Waals surface area contributed by atoms with Gasteiger partial charge in [0.25, 0.3) is 5.91 Å². The number of carbonyl (C=O) groups is 1. The highest BCUT2D eigenvalue weighted by atomic mass is 16.2. The molecule has 0 atom stereocenters. The predicted octanol–water partition coefficient (Wildman–Crippen LogP) is 1.34. The lowest BCUT2D eigenvalue weighted by molar-refractivity contribution is 0.0740. The topological polar surface area (TPSA) is 56.4 Å². The first-order valence-corrected chi connectivity index (χ1v) is 7.02. The van der Waals surface area contributed by atoms with Gasteiger partial charge >= 0.3 is 0 Å². The zero-order valence-electron chi connectivity index (χ0n) is 11.7. The molecule has 0 spiro atoms. The molecule has 0 bridgehead atoms. The van der Waals surface area contributed by atoms with Crippen molar-refractivity contribution in [2.24, 2.45) is 0 Å². The van der Waals surface area contributed by atoms with E-state index >= 15 is 0 Å². The number of carbonyl (C=O) groups excluding carboxylic acids is 1. The van der Waals surface area contributed by atoms with Gasteiger partial charge < -0.3 is 14.8 Å². The molecule has 1 aliphatic heterocycles. The molecule has 3 rings (SSSR count). The Morgan fingerprint density at radius 2 is 1.71 bits per heavy atom. The van der Waals surface area contributed by atoms with Crippen LogP contribution < -0.4 is 10.3 Å². The van der Waals surface area contributed by atoms with Crippen molar-refractivity contribution in [1.82, 2.24) is 9.88 Å². The van der Waals surface area contributed by atoms with Crippen LogP contribution in [0.5, 0.6) is 0 Å². The van der Waals surface area contributed by atoms with Crippen molar-refractivity contribution in [2.75, 3.05) is 31.1 Å². The van der Waals surface area contributed by atoms with Gasteiger partial charge in [-0.05, 0) is 12.1 Å². The zero-order valence-corrected chi connectivity index (χ0v) is 11.7. The van der Waals surface area contributed by atoms with E-state index in [0.29, 0.717) is 18.8 Å². The number of H-pyrrole nitrogens is 1. The highest BCUT2D eigenvalue weighted by molar-refractivity contribution is 5.92. The maximum atomic E-state index is 12.3. The zero-order chi connectivity index (χ0) is 14.7. The number of aromatic nitrogens is 1. The molecule has 1 aromatic carbocycles. The third-order valence-electron chi connectivity index (χ3n) is 3.69. The summed E-state index contributed by atoms with van der Waals surface area (Å²) in [6.45, 7) is 2.91. The van der Waals surface area contributed by atoms with Crippen LogP contribution >= 0.6 is 0 Å². The van der Waals surface area contributed by atoms with Crippen molar-refractivity contribution in [3.8, 4) is 0 Å². The van der Waals surface area contributed by atoms with Gasteiger partial charge in [0.15, 0.2) is 5.43 Å². The van der Waals surface area contributed by atoms with Crippen LogP contribution in [0.3, 0.4) is 0 Å². The summed E-state index contributed by atoms with van der Waals surface area (Å²) in [4.78, 5) is 30.5. The summed E-state index contributed by atoms with van der Waals surface area (Å²) in [5, 5.41) is 0. The Labute approximate surface area is 122 Å². The quantitative estimate of drug-likeness (QED) is 0.905. The first-order chi connectivity index (χ1) is 10.2. The Morgan fingerprint density at radius 1 is 1.00 bits per heavy atom. The fraction of sp³-hybridized carbons (Fsp3) is 0.250. The van der Waals surface area contributed by atoms with E-state index < -0.39 is 0 Å². The van der Waals surface area contributed by atoms with Gasteiger partial charge in [0.05, 0.1) is 0 Å². The van der Waals surface area contributed by atoms with Gasteiger partial charge in [0.2, 0.25) is 0 Å². The third kappa shape index (κ3) is 2.97. The molecule has 5 nitrogen and oxygen atoms in total. The molecule has 5 heteroatoms. The molecule has 1 saturated heterocycles. The molecular weight excluding hydrogens is 266 g/mol. The van der Waals surface area contributed by atoms with Gasteiger partial charge in [-0.3, -0.25) is 9.59 Å². The van der Waals surface area contributed by atoms with E-state index in [4.69, 9.17) is 0 Å². The van der Waals surface area contributed by atoms with Crippen molar-refractivity contribution in [2.45, 2.75) is 0 Å². The highest BCUT2D eigenvalue weighted by Gasteiger charge is 2.22. The Kier molecular flexibility index (Phi) is 3.73. The fourth-order valence-electron chi connectivity index (χ4n) is 2.55. The number of aromatic amines is 1. The van der Waals surface area contributed by atoms with Crippen molar-refractivity contribution < 1.29 is 4.79 Å². The molecule has 1 aromatic heterocycles. The Bertz CT molecular complexity index is 673.